The Bertz CT molecular complexity index is 1900. The molecule has 7 rings (SSSR count). The van der Waals surface area contributed by atoms with Gasteiger partial charge in [0.25, 0.3) is 6.47 Å². The van der Waals surface area contributed by atoms with Crippen LogP contribution in [0.3, 0.4) is 0 Å². The molecule has 1 amide bonds. The lowest BCUT2D eigenvalue weighted by molar-refractivity contribution is -0.605. The number of aromatic carboxylic acids is 1. The Balaban J connectivity index is 0.00000168. The van der Waals surface area contributed by atoms with E-state index in [2.05, 4.69) is 4.90 Å². The van der Waals surface area contributed by atoms with Gasteiger partial charge in [-0.1, -0.05) is 41.4 Å². The summed E-state index contributed by atoms with van der Waals surface area (Å²) in [5.74, 6) is -1.34. The Labute approximate surface area is 313 Å². The van der Waals surface area contributed by atoms with Crippen LogP contribution in [0.25, 0.3) is 0 Å². The Morgan fingerprint density at radius 1 is 1.10 bits per heavy atom. The van der Waals surface area contributed by atoms with Crippen LogP contribution >= 0.6 is 34.5 Å². The number of halogens is 3. The largest absolute Gasteiger partial charge is 0.619 e. The van der Waals surface area contributed by atoms with Crippen molar-refractivity contribution in [3.05, 3.63) is 108 Å². The van der Waals surface area contributed by atoms with Gasteiger partial charge in [-0.3, -0.25) is 14.6 Å². The zero-order valence-electron chi connectivity index (χ0n) is 28.2. The average Bonchev–Trinajstić information content (AvgIpc) is 3.55. The first-order valence-electron chi connectivity index (χ1n) is 16.1. The van der Waals surface area contributed by atoms with Crippen molar-refractivity contribution in [2.45, 2.75) is 37.8 Å². The quantitative estimate of drug-likeness (QED) is 0.0940. The zero-order chi connectivity index (χ0) is 37.5. The number of carbonyl (C=O) groups is 3. The number of piperidine rings is 3. The van der Waals surface area contributed by atoms with Crippen molar-refractivity contribution in [1.29, 1.82) is 0 Å². The van der Waals surface area contributed by atoms with Gasteiger partial charge in [0.05, 0.1) is 26.5 Å². The number of ether oxygens (including phenoxy) is 3. The predicted molar refractivity (Wildman–Crippen MR) is 193 cm³/mol. The lowest BCUT2D eigenvalue weighted by atomic mass is 9.85. The fourth-order valence-corrected chi connectivity index (χ4v) is 8.33. The number of amides is 1. The van der Waals surface area contributed by atoms with Crippen molar-refractivity contribution in [3.8, 4) is 11.5 Å². The third-order valence-electron chi connectivity index (χ3n) is 9.18. The van der Waals surface area contributed by atoms with Gasteiger partial charge in [0.15, 0.2) is 23.9 Å². The highest BCUT2D eigenvalue weighted by Crippen LogP contribution is 2.41. The molecule has 5 heterocycles. The average molecular weight is 777 g/mol. The second-order valence-corrected chi connectivity index (χ2v) is 14.1. The molecule has 0 saturated carbocycles. The fourth-order valence-electron chi connectivity index (χ4n) is 6.68. The highest BCUT2D eigenvalue weighted by atomic mass is 35.5. The van der Waals surface area contributed by atoms with E-state index >= 15 is 4.39 Å². The number of carboxylic acid groups (broad SMARTS) is 2. The van der Waals surface area contributed by atoms with Crippen LogP contribution in [0.5, 0.6) is 11.5 Å². The summed E-state index contributed by atoms with van der Waals surface area (Å²) in [5, 5.41) is 29.6. The SMILES string of the molecule is COc1ccc([C@H](Cc2c(Cl)c[n+]([O-])cc2Cl)c2cc(CN(C(=O)O[C@@H]3CN4CCC3CC4)c3ccccc3F)sc2C(=O)O)cc1OC.O=CO. The number of carboxylic acids is 1. The summed E-state index contributed by atoms with van der Waals surface area (Å²) in [7, 11) is 3.00. The molecular formula is C36H36Cl2FN3O9S. The Morgan fingerprint density at radius 3 is 2.33 bits per heavy atom. The lowest BCUT2D eigenvalue weighted by Gasteiger charge is -2.44. The number of hydrogen-bond acceptors (Lipinski definition) is 9. The molecule has 3 aliphatic rings. The molecule has 0 spiro atoms. The number of para-hydroxylation sites is 1. The Hall–Kier alpha value is -4.63. The molecular weight excluding hydrogens is 740 g/mol. The van der Waals surface area contributed by atoms with E-state index in [0.717, 1.165) is 37.3 Å². The normalized spacial score (nSPS) is 18.1. The van der Waals surface area contributed by atoms with Crippen molar-refractivity contribution in [2.24, 2.45) is 5.92 Å². The predicted octanol–water partition coefficient (Wildman–Crippen LogP) is 6.86. The second kappa shape index (κ2) is 17.3. The van der Waals surface area contributed by atoms with Crippen LogP contribution in [0, 0.1) is 16.9 Å². The third kappa shape index (κ3) is 8.69. The molecule has 0 radical (unpaired) electrons. The first-order valence-corrected chi connectivity index (χ1v) is 17.7. The van der Waals surface area contributed by atoms with E-state index in [1.165, 1.54) is 49.7 Å². The standard InChI is InChI=1S/C35H34Cl2FN3O7S.CH2O2/c1-46-30-8-7-21(13-31(30)47-2)23(15-25-26(36)17-40(45)18-27(25)37)24-14-22(49-33(24)34(42)43)16-41(29-6-4-3-5-28(29)38)35(44)48-32-19-39-11-9-20(32)10-12-39;2-1-3/h3-8,13-14,17-18,20,23,32H,9-12,15-16,19H2,1-2H3,(H,42,43);1H,(H,2,3)/t23-,32+;/m0./s1. The van der Waals surface area contributed by atoms with Crippen molar-refractivity contribution < 1.29 is 47.9 Å². The van der Waals surface area contributed by atoms with Gasteiger partial charge in [-0.2, -0.15) is 4.73 Å². The topological polar surface area (TPSA) is 153 Å². The molecule has 2 aromatic carbocycles. The maximum Gasteiger partial charge on any atom is 0.415 e. The Morgan fingerprint density at radius 2 is 1.75 bits per heavy atom. The number of rotatable bonds is 11. The molecule has 52 heavy (non-hydrogen) atoms. The van der Waals surface area contributed by atoms with Gasteiger partial charge < -0.3 is 29.6 Å². The minimum absolute atomic E-state index is 0.0103. The number of pyridine rings is 1. The summed E-state index contributed by atoms with van der Waals surface area (Å²) in [6.45, 7) is 2.15. The summed E-state index contributed by atoms with van der Waals surface area (Å²) in [6.07, 6.45) is 3.30. The maximum absolute atomic E-state index is 15.3. The molecule has 16 heteroatoms. The van der Waals surface area contributed by atoms with Gasteiger partial charge >= 0.3 is 12.1 Å². The van der Waals surface area contributed by atoms with Gasteiger partial charge in [-0.15, -0.1) is 11.3 Å². The molecule has 0 unspecified atom stereocenters. The van der Waals surface area contributed by atoms with Gasteiger partial charge in [-0.05, 0) is 79.7 Å². The summed E-state index contributed by atoms with van der Waals surface area (Å²) in [4.78, 5) is 39.0. The van der Waals surface area contributed by atoms with E-state index in [-0.39, 0.29) is 52.1 Å². The maximum atomic E-state index is 15.3. The van der Waals surface area contributed by atoms with E-state index in [0.29, 0.717) is 44.3 Å². The number of thiophene rings is 1. The molecule has 3 saturated heterocycles. The second-order valence-electron chi connectivity index (χ2n) is 12.2. The zero-order valence-corrected chi connectivity index (χ0v) is 30.5. The highest BCUT2D eigenvalue weighted by Gasteiger charge is 2.38. The number of nitrogens with zero attached hydrogens (tertiary/aromatic N) is 3. The summed E-state index contributed by atoms with van der Waals surface area (Å²) < 4.78 is 32.7. The molecule has 276 valence electrons. The van der Waals surface area contributed by atoms with E-state index in [1.807, 2.05) is 0 Å². The van der Waals surface area contributed by atoms with Crippen LogP contribution in [0.1, 0.15) is 50.0 Å². The van der Waals surface area contributed by atoms with Crippen LogP contribution in [-0.2, 0) is 22.5 Å². The van der Waals surface area contributed by atoms with E-state index < -0.39 is 23.8 Å². The molecule has 4 aromatic rings. The number of aromatic nitrogens is 1. The Kier molecular flexibility index (Phi) is 12.8. The van der Waals surface area contributed by atoms with Gasteiger partial charge in [0.1, 0.15) is 26.8 Å². The summed E-state index contributed by atoms with van der Waals surface area (Å²) in [6, 6.07) is 12.8. The van der Waals surface area contributed by atoms with Crippen molar-refractivity contribution in [1.82, 2.24) is 4.90 Å². The molecule has 0 aliphatic carbocycles. The van der Waals surface area contributed by atoms with E-state index in [1.54, 1.807) is 30.3 Å². The van der Waals surface area contributed by atoms with Crippen LogP contribution in [0.15, 0.2) is 60.9 Å². The van der Waals surface area contributed by atoms with Crippen molar-refractivity contribution >= 4 is 58.8 Å². The molecule has 2 aromatic heterocycles. The summed E-state index contributed by atoms with van der Waals surface area (Å²) >= 11 is 14.0. The minimum Gasteiger partial charge on any atom is -0.619 e. The van der Waals surface area contributed by atoms with Crippen LogP contribution in [-0.4, -0.2) is 73.6 Å². The number of anilines is 1. The van der Waals surface area contributed by atoms with E-state index in [9.17, 15) is 19.9 Å². The monoisotopic (exact) mass is 775 g/mol. The fraction of sp³-hybridized carbons (Fsp3) is 0.333. The molecule has 2 N–H and O–H groups in total. The van der Waals surface area contributed by atoms with Crippen LogP contribution in [0.2, 0.25) is 10.0 Å². The number of methoxy groups -OCH3 is 2. The third-order valence-corrected chi connectivity index (χ3v) is 11.0. The van der Waals surface area contributed by atoms with Crippen LogP contribution in [0.4, 0.5) is 14.9 Å². The van der Waals surface area contributed by atoms with Crippen LogP contribution < -0.4 is 19.1 Å². The van der Waals surface area contributed by atoms with Gasteiger partial charge in [0, 0.05) is 22.9 Å². The molecule has 12 nitrogen and oxygen atoms in total. The number of hydrogen-bond donors (Lipinski definition) is 2. The summed E-state index contributed by atoms with van der Waals surface area (Å²) in [5.41, 5.74) is 1.52. The smallest absolute Gasteiger partial charge is 0.415 e. The number of carbonyl (C=O) groups excluding carboxylic acids is 1. The molecule has 2 atom stereocenters. The molecule has 2 bridgehead atoms. The lowest BCUT2D eigenvalue weighted by Crippen LogP contribution is -2.53. The van der Waals surface area contributed by atoms with Crippen molar-refractivity contribution in [2.75, 3.05) is 38.8 Å². The minimum atomic E-state index is -1.19. The molecule has 3 fully saturated rings. The molecule has 3 aliphatic heterocycles. The van der Waals surface area contributed by atoms with Crippen molar-refractivity contribution in [3.63, 3.8) is 0 Å². The van der Waals surface area contributed by atoms with Gasteiger partial charge in [0.2, 0.25) is 0 Å². The van der Waals surface area contributed by atoms with Gasteiger partial charge in [-0.25, -0.2) is 14.0 Å². The first kappa shape index (κ1) is 38.6. The van der Waals surface area contributed by atoms with E-state index in [4.69, 9.17) is 47.3 Å². The number of benzene rings is 2. The highest BCUT2D eigenvalue weighted by molar-refractivity contribution is 7.14. The first-order chi connectivity index (χ1) is 25.0. The number of fused-ring (bicyclic) bond motifs is 3.